The molecule has 0 saturated carbocycles. The van der Waals surface area contributed by atoms with Crippen molar-refractivity contribution in [1.29, 1.82) is 0 Å². The average molecular weight is 282 g/mol. The van der Waals surface area contributed by atoms with E-state index in [1.165, 1.54) is 10.6 Å². The van der Waals surface area contributed by atoms with Crippen LogP contribution in [0.3, 0.4) is 0 Å². The smallest absolute Gasteiger partial charge is 0.326 e. The van der Waals surface area contributed by atoms with Crippen molar-refractivity contribution in [3.8, 4) is 0 Å². The van der Waals surface area contributed by atoms with E-state index >= 15 is 0 Å². The van der Waals surface area contributed by atoms with E-state index in [-0.39, 0.29) is 11.5 Å². The summed E-state index contributed by atoms with van der Waals surface area (Å²) in [4.78, 5) is 12.0. The van der Waals surface area contributed by atoms with E-state index in [4.69, 9.17) is 5.73 Å². The third-order valence-corrected chi connectivity index (χ3v) is 3.65. The molecule has 2 aromatic rings. The molecule has 19 heavy (non-hydrogen) atoms. The SMILES string of the molecule is CCCn1c(Sc2ccc(CN)cc2F)n[nH]c1=O. The van der Waals surface area contributed by atoms with Gasteiger partial charge in [-0.3, -0.25) is 4.57 Å². The van der Waals surface area contributed by atoms with Gasteiger partial charge >= 0.3 is 5.69 Å². The van der Waals surface area contributed by atoms with Gasteiger partial charge in [0.15, 0.2) is 5.16 Å². The Hall–Kier alpha value is -1.60. The predicted molar refractivity (Wildman–Crippen MR) is 71.6 cm³/mol. The van der Waals surface area contributed by atoms with Crippen LogP contribution in [0.1, 0.15) is 18.9 Å². The van der Waals surface area contributed by atoms with Crippen LogP contribution in [0, 0.1) is 5.82 Å². The molecule has 3 N–H and O–H groups in total. The van der Waals surface area contributed by atoms with Gasteiger partial charge in [0.2, 0.25) is 0 Å². The van der Waals surface area contributed by atoms with Crippen LogP contribution in [0.15, 0.2) is 33.0 Å². The minimum Gasteiger partial charge on any atom is -0.326 e. The van der Waals surface area contributed by atoms with Crippen molar-refractivity contribution in [2.45, 2.75) is 36.5 Å². The Morgan fingerprint density at radius 1 is 1.53 bits per heavy atom. The molecule has 5 nitrogen and oxygen atoms in total. The Morgan fingerprint density at radius 3 is 2.95 bits per heavy atom. The molecule has 0 aliphatic carbocycles. The van der Waals surface area contributed by atoms with Crippen LogP contribution in [-0.2, 0) is 13.1 Å². The molecule has 0 spiro atoms. The minimum absolute atomic E-state index is 0.275. The first kappa shape index (κ1) is 13.8. The zero-order chi connectivity index (χ0) is 13.8. The summed E-state index contributed by atoms with van der Waals surface area (Å²) in [5.41, 5.74) is 5.91. The summed E-state index contributed by atoms with van der Waals surface area (Å²) < 4.78 is 15.3. The molecule has 1 aromatic carbocycles. The largest absolute Gasteiger partial charge is 0.343 e. The molecule has 1 heterocycles. The summed E-state index contributed by atoms with van der Waals surface area (Å²) in [6.45, 7) is 2.81. The highest BCUT2D eigenvalue weighted by Gasteiger charge is 2.12. The summed E-state index contributed by atoms with van der Waals surface area (Å²) in [5, 5.41) is 6.75. The molecular formula is C12H15FN4OS. The number of benzene rings is 1. The first-order chi connectivity index (χ1) is 9.15. The highest BCUT2D eigenvalue weighted by atomic mass is 32.2. The van der Waals surface area contributed by atoms with Crippen molar-refractivity contribution in [3.63, 3.8) is 0 Å². The fraction of sp³-hybridized carbons (Fsp3) is 0.333. The number of nitrogens with two attached hydrogens (primary N) is 1. The number of nitrogens with zero attached hydrogens (tertiary/aromatic N) is 2. The highest BCUT2D eigenvalue weighted by Crippen LogP contribution is 2.28. The second-order valence-electron chi connectivity index (χ2n) is 4.03. The van der Waals surface area contributed by atoms with Gasteiger partial charge in [0.1, 0.15) is 5.82 Å². The van der Waals surface area contributed by atoms with E-state index in [0.29, 0.717) is 23.1 Å². The Kier molecular flexibility index (Phi) is 4.39. The standard InChI is InChI=1S/C12H15FN4OS/c1-2-5-17-11(18)15-16-12(17)19-10-4-3-8(7-14)6-9(10)13/h3-4,6H,2,5,7,14H2,1H3,(H,15,18). The molecule has 2 rings (SSSR count). The van der Waals surface area contributed by atoms with E-state index in [1.54, 1.807) is 12.1 Å². The van der Waals surface area contributed by atoms with E-state index in [9.17, 15) is 9.18 Å². The van der Waals surface area contributed by atoms with Crippen LogP contribution in [0.25, 0.3) is 0 Å². The fourth-order valence-corrected chi connectivity index (χ4v) is 2.52. The highest BCUT2D eigenvalue weighted by molar-refractivity contribution is 7.99. The van der Waals surface area contributed by atoms with Crippen molar-refractivity contribution in [3.05, 3.63) is 40.1 Å². The molecule has 0 radical (unpaired) electrons. The topological polar surface area (TPSA) is 76.7 Å². The average Bonchev–Trinajstić information content (AvgIpc) is 2.74. The molecule has 1 aromatic heterocycles. The number of nitrogens with one attached hydrogen (secondary N) is 1. The monoisotopic (exact) mass is 282 g/mol. The lowest BCUT2D eigenvalue weighted by molar-refractivity contribution is 0.592. The van der Waals surface area contributed by atoms with E-state index in [1.807, 2.05) is 6.92 Å². The Labute approximate surface area is 114 Å². The number of aromatic amines is 1. The number of aromatic nitrogens is 3. The number of H-pyrrole nitrogens is 1. The van der Waals surface area contributed by atoms with Crippen LogP contribution < -0.4 is 11.4 Å². The Balaban J connectivity index is 2.28. The lowest BCUT2D eigenvalue weighted by atomic mass is 10.2. The maximum absolute atomic E-state index is 13.8. The van der Waals surface area contributed by atoms with Crippen molar-refractivity contribution in [2.24, 2.45) is 5.73 Å². The van der Waals surface area contributed by atoms with Gasteiger partial charge in [-0.2, -0.15) is 0 Å². The van der Waals surface area contributed by atoms with Gasteiger partial charge in [0, 0.05) is 13.1 Å². The van der Waals surface area contributed by atoms with Crippen molar-refractivity contribution < 1.29 is 4.39 Å². The van der Waals surface area contributed by atoms with Crippen molar-refractivity contribution in [1.82, 2.24) is 14.8 Å². The summed E-state index contributed by atoms with van der Waals surface area (Å²) in [6, 6.07) is 4.81. The molecule has 0 saturated heterocycles. The first-order valence-corrected chi connectivity index (χ1v) is 6.79. The zero-order valence-corrected chi connectivity index (χ0v) is 11.3. The maximum atomic E-state index is 13.8. The summed E-state index contributed by atoms with van der Waals surface area (Å²) in [5.74, 6) is -0.355. The van der Waals surface area contributed by atoms with E-state index < -0.39 is 0 Å². The molecule has 0 bridgehead atoms. The molecular weight excluding hydrogens is 267 g/mol. The molecule has 0 atom stereocenters. The van der Waals surface area contributed by atoms with Crippen LogP contribution >= 0.6 is 11.8 Å². The van der Waals surface area contributed by atoms with Gasteiger partial charge in [-0.05, 0) is 35.9 Å². The Bertz CT molecular complexity index is 622. The van der Waals surface area contributed by atoms with Crippen LogP contribution in [0.4, 0.5) is 4.39 Å². The third-order valence-electron chi connectivity index (χ3n) is 2.60. The molecule has 0 aliphatic heterocycles. The first-order valence-electron chi connectivity index (χ1n) is 5.97. The van der Waals surface area contributed by atoms with Gasteiger partial charge in [-0.15, -0.1) is 5.10 Å². The molecule has 7 heteroatoms. The fourth-order valence-electron chi connectivity index (χ4n) is 1.65. The molecule has 0 aliphatic rings. The van der Waals surface area contributed by atoms with Gasteiger partial charge in [-0.25, -0.2) is 14.3 Å². The Morgan fingerprint density at radius 2 is 2.32 bits per heavy atom. The van der Waals surface area contributed by atoms with Gasteiger partial charge in [-0.1, -0.05) is 13.0 Å². The molecule has 0 fully saturated rings. The second-order valence-corrected chi connectivity index (χ2v) is 5.04. The van der Waals surface area contributed by atoms with Crippen LogP contribution in [0.5, 0.6) is 0 Å². The van der Waals surface area contributed by atoms with Gasteiger partial charge in [0.05, 0.1) is 4.90 Å². The summed E-state index contributed by atoms with van der Waals surface area (Å²) in [7, 11) is 0. The van der Waals surface area contributed by atoms with Crippen LogP contribution in [0.2, 0.25) is 0 Å². The normalized spacial score (nSPS) is 10.9. The summed E-state index contributed by atoms with van der Waals surface area (Å²) >= 11 is 1.13. The number of hydrogen-bond acceptors (Lipinski definition) is 4. The van der Waals surface area contributed by atoms with E-state index in [2.05, 4.69) is 10.2 Å². The third kappa shape index (κ3) is 3.05. The summed E-state index contributed by atoms with van der Waals surface area (Å²) in [6.07, 6.45) is 0.807. The van der Waals surface area contributed by atoms with Crippen LogP contribution in [-0.4, -0.2) is 14.8 Å². The minimum atomic E-state index is -0.355. The predicted octanol–water partition coefficient (Wildman–Crippen LogP) is 1.73. The molecule has 0 amide bonds. The van der Waals surface area contributed by atoms with Gasteiger partial charge in [0.25, 0.3) is 0 Å². The number of hydrogen-bond donors (Lipinski definition) is 2. The van der Waals surface area contributed by atoms with Crippen molar-refractivity contribution >= 4 is 11.8 Å². The van der Waals surface area contributed by atoms with E-state index in [0.717, 1.165) is 23.7 Å². The lowest BCUT2D eigenvalue weighted by Gasteiger charge is -2.05. The number of rotatable bonds is 5. The maximum Gasteiger partial charge on any atom is 0.343 e. The van der Waals surface area contributed by atoms with Crippen molar-refractivity contribution in [2.75, 3.05) is 0 Å². The number of halogens is 1. The van der Waals surface area contributed by atoms with Gasteiger partial charge < -0.3 is 5.73 Å². The molecule has 0 unspecified atom stereocenters. The zero-order valence-electron chi connectivity index (χ0n) is 10.5. The lowest BCUT2D eigenvalue weighted by Crippen LogP contribution is -2.17. The molecule has 102 valence electrons. The quantitative estimate of drug-likeness (QED) is 0.875. The second kappa shape index (κ2) is 6.03.